The maximum Gasteiger partial charge on any atom is 0.246 e. The van der Waals surface area contributed by atoms with Crippen molar-refractivity contribution in [3.63, 3.8) is 0 Å². The number of anilines is 2. The van der Waals surface area contributed by atoms with Crippen molar-refractivity contribution in [1.29, 1.82) is 0 Å². The third-order valence-electron chi connectivity index (χ3n) is 4.16. The summed E-state index contributed by atoms with van der Waals surface area (Å²) in [7, 11) is 3.97. The van der Waals surface area contributed by atoms with Gasteiger partial charge in [-0.15, -0.1) is 11.3 Å². The first-order chi connectivity index (χ1) is 12.6. The first kappa shape index (κ1) is 18.5. The van der Waals surface area contributed by atoms with Crippen LogP contribution in [0.25, 0.3) is 0 Å². The molecule has 1 aliphatic heterocycles. The molecule has 0 aromatic carbocycles. The van der Waals surface area contributed by atoms with E-state index in [1.165, 1.54) is 11.3 Å². The van der Waals surface area contributed by atoms with Gasteiger partial charge in [0.15, 0.2) is 5.13 Å². The zero-order valence-corrected chi connectivity index (χ0v) is 15.9. The van der Waals surface area contributed by atoms with Crippen LogP contribution in [0.2, 0.25) is 0 Å². The van der Waals surface area contributed by atoms with Crippen LogP contribution in [0.4, 0.5) is 11.1 Å². The summed E-state index contributed by atoms with van der Waals surface area (Å²) in [6.45, 7) is 1.53. The predicted octanol–water partition coefficient (Wildman–Crippen LogP) is 2.85. The number of amides is 1. The van der Waals surface area contributed by atoms with Gasteiger partial charge >= 0.3 is 0 Å². The van der Waals surface area contributed by atoms with Crippen molar-refractivity contribution >= 4 is 28.3 Å². The van der Waals surface area contributed by atoms with E-state index in [9.17, 15) is 4.79 Å². The minimum absolute atomic E-state index is 0.0312. The van der Waals surface area contributed by atoms with E-state index in [1.807, 2.05) is 35.4 Å². The summed E-state index contributed by atoms with van der Waals surface area (Å²) in [6, 6.07) is 1.80. The molecule has 0 spiro atoms. The number of likely N-dealkylation sites (tertiary alicyclic amines) is 1. The summed E-state index contributed by atoms with van der Waals surface area (Å²) in [5, 5.41) is 5.88. The highest BCUT2D eigenvalue weighted by Gasteiger charge is 2.28. The number of nitrogens with zero attached hydrogens (tertiary/aromatic N) is 5. The van der Waals surface area contributed by atoms with Gasteiger partial charge in [-0.05, 0) is 39.4 Å². The Morgan fingerprint density at radius 1 is 1.38 bits per heavy atom. The average molecular weight is 372 g/mol. The number of carbonyl (C=O) groups is 1. The van der Waals surface area contributed by atoms with Crippen LogP contribution in [0, 0.1) is 0 Å². The molecule has 1 saturated heterocycles. The van der Waals surface area contributed by atoms with Crippen LogP contribution in [0.3, 0.4) is 0 Å². The van der Waals surface area contributed by atoms with E-state index in [0.717, 1.165) is 43.2 Å². The van der Waals surface area contributed by atoms with Crippen molar-refractivity contribution in [2.75, 3.05) is 32.5 Å². The lowest BCUT2D eigenvalue weighted by Gasteiger charge is -2.34. The predicted molar refractivity (Wildman–Crippen MR) is 103 cm³/mol. The molecule has 1 fully saturated rings. The number of carbonyl (C=O) groups excluding carboxylic acids is 1. The lowest BCUT2D eigenvalue weighted by molar-refractivity contribution is -0.129. The Morgan fingerprint density at radius 2 is 2.19 bits per heavy atom. The SMILES string of the molecule is CN(C)C/C=C/C(=O)N1CCCC[C@H]1c1csc(Nc2ncccn2)n1. The molecular formula is C18H24N6OS. The van der Waals surface area contributed by atoms with Gasteiger partial charge in [-0.2, -0.15) is 0 Å². The van der Waals surface area contributed by atoms with Gasteiger partial charge in [-0.3, -0.25) is 4.79 Å². The molecule has 1 atom stereocenters. The van der Waals surface area contributed by atoms with Crippen molar-refractivity contribution < 1.29 is 4.79 Å². The smallest absolute Gasteiger partial charge is 0.246 e. The molecule has 8 heteroatoms. The second-order valence-electron chi connectivity index (χ2n) is 6.48. The minimum Gasteiger partial charge on any atom is -0.331 e. The Balaban J connectivity index is 1.69. The number of thiazole rings is 1. The lowest BCUT2D eigenvalue weighted by Crippen LogP contribution is -2.37. The molecule has 1 amide bonds. The fraction of sp³-hybridized carbons (Fsp3) is 0.444. The third kappa shape index (κ3) is 4.86. The second kappa shape index (κ2) is 8.86. The molecule has 3 heterocycles. The van der Waals surface area contributed by atoms with Crippen LogP contribution >= 0.6 is 11.3 Å². The van der Waals surface area contributed by atoms with Crippen LogP contribution in [-0.2, 0) is 4.79 Å². The zero-order chi connectivity index (χ0) is 18.4. The summed E-state index contributed by atoms with van der Waals surface area (Å²) in [4.78, 5) is 29.6. The van der Waals surface area contributed by atoms with Crippen molar-refractivity contribution in [3.8, 4) is 0 Å². The fourth-order valence-electron chi connectivity index (χ4n) is 2.92. The fourth-order valence-corrected chi connectivity index (χ4v) is 3.67. The first-order valence-electron chi connectivity index (χ1n) is 8.75. The van der Waals surface area contributed by atoms with Crippen molar-refractivity contribution in [1.82, 2.24) is 24.8 Å². The van der Waals surface area contributed by atoms with E-state index < -0.39 is 0 Å². The van der Waals surface area contributed by atoms with Crippen LogP contribution in [0.15, 0.2) is 36.0 Å². The number of likely N-dealkylation sites (N-methyl/N-ethyl adjacent to an activating group) is 1. The van der Waals surface area contributed by atoms with Crippen molar-refractivity contribution in [3.05, 3.63) is 41.7 Å². The van der Waals surface area contributed by atoms with Crippen LogP contribution in [0.1, 0.15) is 31.0 Å². The molecule has 0 saturated carbocycles. The normalized spacial score (nSPS) is 17.8. The van der Waals surface area contributed by atoms with Gasteiger partial charge in [0.1, 0.15) is 0 Å². The van der Waals surface area contributed by atoms with Gasteiger partial charge in [0.25, 0.3) is 0 Å². The van der Waals surface area contributed by atoms with E-state index in [-0.39, 0.29) is 11.9 Å². The summed E-state index contributed by atoms with van der Waals surface area (Å²) >= 11 is 1.51. The second-order valence-corrected chi connectivity index (χ2v) is 7.34. The molecule has 0 radical (unpaired) electrons. The van der Waals surface area contributed by atoms with Gasteiger partial charge in [-0.25, -0.2) is 15.0 Å². The Hall–Kier alpha value is -2.32. The van der Waals surface area contributed by atoms with Crippen molar-refractivity contribution in [2.24, 2.45) is 0 Å². The minimum atomic E-state index is 0.0312. The number of rotatable bonds is 6. The molecule has 138 valence electrons. The maximum atomic E-state index is 12.6. The van der Waals surface area contributed by atoms with Gasteiger partial charge < -0.3 is 15.1 Å². The quantitative estimate of drug-likeness (QED) is 0.786. The third-order valence-corrected chi connectivity index (χ3v) is 4.94. The van der Waals surface area contributed by atoms with E-state index in [2.05, 4.69) is 20.3 Å². The van der Waals surface area contributed by atoms with Gasteiger partial charge in [0.05, 0.1) is 11.7 Å². The number of nitrogens with one attached hydrogen (secondary N) is 1. The van der Waals surface area contributed by atoms with Crippen LogP contribution in [-0.4, -0.2) is 57.8 Å². The lowest BCUT2D eigenvalue weighted by atomic mass is 10.00. The number of aromatic nitrogens is 3. The highest BCUT2D eigenvalue weighted by molar-refractivity contribution is 7.13. The molecule has 2 aromatic rings. The molecule has 1 N–H and O–H groups in total. The Kier molecular flexibility index (Phi) is 6.30. The summed E-state index contributed by atoms with van der Waals surface area (Å²) in [5.74, 6) is 0.585. The number of hydrogen-bond acceptors (Lipinski definition) is 7. The van der Waals surface area contributed by atoms with E-state index >= 15 is 0 Å². The molecular weight excluding hydrogens is 348 g/mol. The molecule has 0 aliphatic carbocycles. The molecule has 0 unspecified atom stereocenters. The topological polar surface area (TPSA) is 74.2 Å². The molecule has 26 heavy (non-hydrogen) atoms. The number of piperidine rings is 1. The van der Waals surface area contributed by atoms with Gasteiger partial charge in [0, 0.05) is 36.9 Å². The maximum absolute atomic E-state index is 12.6. The highest BCUT2D eigenvalue weighted by Crippen LogP contribution is 2.33. The standard InChI is InChI=1S/C18H24N6OS/c1-23(2)11-5-8-16(25)24-12-4-3-7-15(24)14-13-26-18(21-14)22-17-19-9-6-10-20-17/h5-6,8-10,13,15H,3-4,7,11-12H2,1-2H3,(H,19,20,21,22)/b8-5+/t15-/m0/s1. The summed E-state index contributed by atoms with van der Waals surface area (Å²) < 4.78 is 0. The van der Waals surface area contributed by atoms with Crippen LogP contribution in [0.5, 0.6) is 0 Å². The van der Waals surface area contributed by atoms with Gasteiger partial charge in [0.2, 0.25) is 11.9 Å². The molecule has 2 aromatic heterocycles. The Labute approximate surface area is 157 Å². The van der Waals surface area contributed by atoms with Gasteiger partial charge in [-0.1, -0.05) is 6.08 Å². The number of hydrogen-bond donors (Lipinski definition) is 1. The average Bonchev–Trinajstić information content (AvgIpc) is 3.10. The molecule has 7 nitrogen and oxygen atoms in total. The summed E-state index contributed by atoms with van der Waals surface area (Å²) in [6.07, 6.45) is 10.1. The first-order valence-corrected chi connectivity index (χ1v) is 9.63. The Bertz CT molecular complexity index is 745. The van der Waals surface area contributed by atoms with E-state index in [4.69, 9.17) is 0 Å². The molecule has 0 bridgehead atoms. The van der Waals surface area contributed by atoms with E-state index in [0.29, 0.717) is 5.95 Å². The summed E-state index contributed by atoms with van der Waals surface area (Å²) in [5.41, 5.74) is 0.933. The Morgan fingerprint density at radius 3 is 2.96 bits per heavy atom. The monoisotopic (exact) mass is 372 g/mol. The zero-order valence-electron chi connectivity index (χ0n) is 15.1. The van der Waals surface area contributed by atoms with Crippen molar-refractivity contribution in [2.45, 2.75) is 25.3 Å². The largest absolute Gasteiger partial charge is 0.331 e. The van der Waals surface area contributed by atoms with E-state index in [1.54, 1.807) is 24.5 Å². The highest BCUT2D eigenvalue weighted by atomic mass is 32.1. The van der Waals surface area contributed by atoms with Crippen LogP contribution < -0.4 is 5.32 Å². The molecule has 1 aliphatic rings. The molecule has 3 rings (SSSR count).